The lowest BCUT2D eigenvalue weighted by Gasteiger charge is -2.18. The van der Waals surface area contributed by atoms with E-state index in [1.807, 2.05) is 0 Å². The Bertz CT molecular complexity index is 1250. The highest BCUT2D eigenvalue weighted by Gasteiger charge is 2.16. The van der Waals surface area contributed by atoms with Crippen LogP contribution in [0.15, 0.2) is 103 Å². The van der Waals surface area contributed by atoms with E-state index in [1.54, 1.807) is 0 Å². The highest BCUT2D eigenvalue weighted by atomic mass is 14.2. The zero-order chi connectivity index (χ0) is 19.8. The van der Waals surface area contributed by atoms with Crippen LogP contribution < -0.4 is 0 Å². The average Bonchev–Trinajstić information content (AvgIpc) is 2.78. The molecule has 0 radical (unpaired) electrons. The molecule has 0 aliphatic rings. The van der Waals surface area contributed by atoms with Crippen LogP contribution in [0.4, 0.5) is 0 Å². The van der Waals surface area contributed by atoms with Gasteiger partial charge in [-0.1, -0.05) is 117 Å². The fraction of sp³-hybridized carbons (Fsp3) is 0.103. The molecule has 0 saturated heterocycles. The largest absolute Gasteiger partial charge is 0.0622 e. The van der Waals surface area contributed by atoms with Crippen molar-refractivity contribution in [3.63, 3.8) is 0 Å². The Morgan fingerprint density at radius 3 is 1.41 bits per heavy atom. The molecule has 5 aromatic carbocycles. The van der Waals surface area contributed by atoms with Gasteiger partial charge in [-0.15, -0.1) is 0 Å². The monoisotopic (exact) mass is 372 g/mol. The summed E-state index contributed by atoms with van der Waals surface area (Å²) in [6.45, 7) is 4.52. The molecular weight excluding hydrogens is 348 g/mol. The summed E-state index contributed by atoms with van der Waals surface area (Å²) in [5.41, 5.74) is 6.59. The van der Waals surface area contributed by atoms with Crippen LogP contribution in [0.2, 0.25) is 0 Å². The van der Waals surface area contributed by atoms with E-state index in [4.69, 9.17) is 0 Å². The summed E-state index contributed by atoms with van der Waals surface area (Å²) in [6, 6.07) is 37.5. The van der Waals surface area contributed by atoms with Crippen molar-refractivity contribution < 1.29 is 0 Å². The van der Waals surface area contributed by atoms with E-state index >= 15 is 0 Å². The van der Waals surface area contributed by atoms with Gasteiger partial charge in [0, 0.05) is 0 Å². The standard InChI is InChI=1S/C29H24/c1-20(2)22-13-10-14-23(19-22)29-26-17-8-6-15-24(26)28(21-11-4-3-5-12-21)25-16-7-9-18-27(25)29/h3-20H,1-2H3. The van der Waals surface area contributed by atoms with Crippen LogP contribution in [0, 0.1) is 0 Å². The molecule has 29 heavy (non-hydrogen) atoms. The zero-order valence-electron chi connectivity index (χ0n) is 16.9. The lowest BCUT2D eigenvalue weighted by atomic mass is 9.85. The van der Waals surface area contributed by atoms with Gasteiger partial charge in [0.15, 0.2) is 0 Å². The molecule has 0 heteroatoms. The molecule has 5 aromatic rings. The Balaban J connectivity index is 1.95. The number of rotatable bonds is 3. The maximum Gasteiger partial charge on any atom is -0.00263 e. The molecule has 0 N–H and O–H groups in total. The average molecular weight is 373 g/mol. The third-order valence-corrected chi connectivity index (χ3v) is 5.84. The number of benzene rings is 5. The number of hydrogen-bond acceptors (Lipinski definition) is 0. The molecule has 0 heterocycles. The number of fused-ring (bicyclic) bond motifs is 2. The summed E-state index contributed by atoms with van der Waals surface area (Å²) >= 11 is 0. The predicted octanol–water partition coefficient (Wildman–Crippen LogP) is 8.45. The first-order chi connectivity index (χ1) is 14.2. The second kappa shape index (κ2) is 7.22. The van der Waals surface area contributed by atoms with E-state index in [0.717, 1.165) is 0 Å². The van der Waals surface area contributed by atoms with Crippen molar-refractivity contribution in [1.29, 1.82) is 0 Å². The minimum atomic E-state index is 0.510. The van der Waals surface area contributed by atoms with E-state index in [1.165, 1.54) is 49.4 Å². The van der Waals surface area contributed by atoms with E-state index in [2.05, 4.69) is 117 Å². The number of hydrogen-bond donors (Lipinski definition) is 0. The van der Waals surface area contributed by atoms with Crippen molar-refractivity contribution in [3.05, 3.63) is 109 Å². The van der Waals surface area contributed by atoms with Gasteiger partial charge in [0.1, 0.15) is 0 Å². The smallest absolute Gasteiger partial charge is 0.00263 e. The molecule has 0 nitrogen and oxygen atoms in total. The minimum Gasteiger partial charge on any atom is -0.0622 e. The predicted molar refractivity (Wildman–Crippen MR) is 126 cm³/mol. The van der Waals surface area contributed by atoms with E-state index in [-0.39, 0.29) is 0 Å². The molecule has 0 bridgehead atoms. The first kappa shape index (κ1) is 17.7. The molecule has 0 spiro atoms. The molecule has 5 rings (SSSR count). The van der Waals surface area contributed by atoms with Gasteiger partial charge in [0.05, 0.1) is 0 Å². The van der Waals surface area contributed by atoms with Crippen LogP contribution in [0.5, 0.6) is 0 Å². The van der Waals surface area contributed by atoms with Gasteiger partial charge in [-0.3, -0.25) is 0 Å². The Hall–Kier alpha value is -3.38. The first-order valence-electron chi connectivity index (χ1n) is 10.3. The normalized spacial score (nSPS) is 11.4. The van der Waals surface area contributed by atoms with Crippen molar-refractivity contribution in [2.45, 2.75) is 19.8 Å². The quantitative estimate of drug-likeness (QED) is 0.279. The Morgan fingerprint density at radius 1 is 0.448 bits per heavy atom. The Kier molecular flexibility index (Phi) is 4.41. The molecule has 0 fully saturated rings. The van der Waals surface area contributed by atoms with Gasteiger partial charge in [-0.2, -0.15) is 0 Å². The molecule has 0 aliphatic carbocycles. The summed E-state index contributed by atoms with van der Waals surface area (Å²) < 4.78 is 0. The highest BCUT2D eigenvalue weighted by Crippen LogP contribution is 2.43. The van der Waals surface area contributed by atoms with Gasteiger partial charge < -0.3 is 0 Å². The minimum absolute atomic E-state index is 0.510. The van der Waals surface area contributed by atoms with Gasteiger partial charge in [-0.05, 0) is 55.3 Å². The lowest BCUT2D eigenvalue weighted by molar-refractivity contribution is 0.867. The molecule has 0 atom stereocenters. The molecule has 0 aromatic heterocycles. The fourth-order valence-corrected chi connectivity index (χ4v) is 4.41. The first-order valence-corrected chi connectivity index (χ1v) is 10.3. The van der Waals surface area contributed by atoms with Crippen molar-refractivity contribution in [3.8, 4) is 22.3 Å². The van der Waals surface area contributed by atoms with Crippen LogP contribution in [-0.4, -0.2) is 0 Å². The van der Waals surface area contributed by atoms with Crippen LogP contribution in [0.25, 0.3) is 43.8 Å². The van der Waals surface area contributed by atoms with Crippen molar-refractivity contribution in [2.75, 3.05) is 0 Å². The summed E-state index contributed by atoms with van der Waals surface area (Å²) in [7, 11) is 0. The second-order valence-electron chi connectivity index (χ2n) is 7.99. The summed E-state index contributed by atoms with van der Waals surface area (Å²) in [6.07, 6.45) is 0. The third-order valence-electron chi connectivity index (χ3n) is 5.84. The van der Waals surface area contributed by atoms with Crippen molar-refractivity contribution >= 4 is 21.5 Å². The van der Waals surface area contributed by atoms with Gasteiger partial charge in [0.2, 0.25) is 0 Å². The van der Waals surface area contributed by atoms with E-state index < -0.39 is 0 Å². The van der Waals surface area contributed by atoms with Crippen LogP contribution in [0.3, 0.4) is 0 Å². The molecule has 0 unspecified atom stereocenters. The third kappa shape index (κ3) is 3.02. The summed E-state index contributed by atoms with van der Waals surface area (Å²) in [4.78, 5) is 0. The maximum absolute atomic E-state index is 2.36. The van der Waals surface area contributed by atoms with Crippen LogP contribution >= 0.6 is 0 Å². The summed E-state index contributed by atoms with van der Waals surface area (Å²) in [5.74, 6) is 0.510. The van der Waals surface area contributed by atoms with Crippen molar-refractivity contribution in [2.24, 2.45) is 0 Å². The van der Waals surface area contributed by atoms with Crippen LogP contribution in [-0.2, 0) is 0 Å². The van der Waals surface area contributed by atoms with Crippen molar-refractivity contribution in [1.82, 2.24) is 0 Å². The molecule has 0 amide bonds. The van der Waals surface area contributed by atoms with Gasteiger partial charge in [-0.25, -0.2) is 0 Å². The summed E-state index contributed by atoms with van der Waals surface area (Å²) in [5, 5.41) is 5.24. The Morgan fingerprint density at radius 2 is 0.897 bits per heavy atom. The topological polar surface area (TPSA) is 0 Å². The zero-order valence-corrected chi connectivity index (χ0v) is 16.9. The van der Waals surface area contributed by atoms with E-state index in [0.29, 0.717) is 5.92 Å². The van der Waals surface area contributed by atoms with Gasteiger partial charge >= 0.3 is 0 Å². The molecular formula is C29H24. The van der Waals surface area contributed by atoms with Gasteiger partial charge in [0.25, 0.3) is 0 Å². The SMILES string of the molecule is CC(C)c1cccc(-c2c3ccccc3c(-c3ccccc3)c3ccccc23)c1. The highest BCUT2D eigenvalue weighted by molar-refractivity contribution is 6.21. The fourth-order valence-electron chi connectivity index (χ4n) is 4.41. The molecule has 0 saturated carbocycles. The van der Waals surface area contributed by atoms with E-state index in [9.17, 15) is 0 Å². The Labute approximate surface area is 172 Å². The van der Waals surface area contributed by atoms with Crippen LogP contribution in [0.1, 0.15) is 25.3 Å². The molecule has 0 aliphatic heterocycles. The maximum atomic E-state index is 2.36. The second-order valence-corrected chi connectivity index (χ2v) is 7.99. The lowest BCUT2D eigenvalue weighted by Crippen LogP contribution is -1.92. The molecule has 140 valence electrons.